The van der Waals surface area contributed by atoms with Crippen LogP contribution in [0.4, 0.5) is 0 Å². The number of carbonyl (C=O) groups excluding carboxylic acids is 1. The van der Waals surface area contributed by atoms with Crippen LogP contribution in [0.1, 0.15) is 0 Å². The molecule has 148 valence electrons. The molecule has 0 aliphatic heterocycles. The number of methoxy groups -OCH3 is 2. The monoisotopic (exact) mass is 458 g/mol. The predicted octanol–water partition coefficient (Wildman–Crippen LogP) is 2.58. The summed E-state index contributed by atoms with van der Waals surface area (Å²) in [6.07, 6.45) is 0. The van der Waals surface area contributed by atoms with Gasteiger partial charge in [-0.1, -0.05) is 17.3 Å². The largest absolute Gasteiger partial charge is 0.466 e. The van der Waals surface area contributed by atoms with Crippen LogP contribution in [0.2, 0.25) is 0 Å². The summed E-state index contributed by atoms with van der Waals surface area (Å²) in [6, 6.07) is 13.2. The summed E-state index contributed by atoms with van der Waals surface area (Å²) in [7, 11) is 2.90. The van der Waals surface area contributed by atoms with Crippen LogP contribution >= 0.6 is 15.9 Å². The van der Waals surface area contributed by atoms with E-state index in [4.69, 9.17) is 14.0 Å². The van der Waals surface area contributed by atoms with E-state index in [2.05, 4.69) is 31.2 Å². The second-order valence-electron chi connectivity index (χ2n) is 6.13. The molecule has 4 rings (SSSR count). The van der Waals surface area contributed by atoms with Gasteiger partial charge in [0.25, 0.3) is 5.89 Å². The van der Waals surface area contributed by atoms with Crippen molar-refractivity contribution in [3.8, 4) is 22.8 Å². The van der Waals surface area contributed by atoms with E-state index in [1.807, 2.05) is 42.5 Å². The summed E-state index contributed by atoms with van der Waals surface area (Å²) in [6.45, 7) is 0.208. The third-order valence-corrected chi connectivity index (χ3v) is 4.99. The molecule has 2 aromatic heterocycles. The first-order chi connectivity index (χ1) is 14.1. The molecule has 0 saturated carbocycles. The zero-order valence-electron chi connectivity index (χ0n) is 15.7. The van der Waals surface area contributed by atoms with Gasteiger partial charge >= 0.3 is 5.97 Å². The molecule has 0 unspecified atom stereocenters. The van der Waals surface area contributed by atoms with E-state index in [1.165, 1.54) is 7.11 Å². The molecule has 0 amide bonds. The number of aromatic nitrogens is 5. The second kappa shape index (κ2) is 8.10. The molecule has 0 bridgehead atoms. The van der Waals surface area contributed by atoms with Gasteiger partial charge in [0, 0.05) is 23.2 Å². The smallest absolute Gasteiger partial charge is 0.350 e. The summed E-state index contributed by atoms with van der Waals surface area (Å²) >= 11 is 3.49. The van der Waals surface area contributed by atoms with Crippen molar-refractivity contribution >= 4 is 32.9 Å². The average Bonchev–Trinajstić information content (AvgIpc) is 3.34. The second-order valence-corrected chi connectivity index (χ2v) is 6.98. The van der Waals surface area contributed by atoms with Crippen LogP contribution in [0.3, 0.4) is 0 Å². The zero-order chi connectivity index (χ0) is 20.4. The maximum atomic E-state index is 11.8. The molecule has 0 saturated heterocycles. The van der Waals surface area contributed by atoms with Crippen LogP contribution in [0, 0.1) is 0 Å². The number of esters is 1. The van der Waals surface area contributed by atoms with Crippen molar-refractivity contribution in [1.29, 1.82) is 0 Å². The highest BCUT2D eigenvalue weighted by Crippen LogP contribution is 2.28. The molecular weight excluding hydrogens is 442 g/mol. The molecule has 10 heteroatoms. The molecule has 2 aromatic carbocycles. The van der Waals surface area contributed by atoms with Gasteiger partial charge in [-0.05, 0) is 45.0 Å². The van der Waals surface area contributed by atoms with Gasteiger partial charge in [-0.3, -0.25) is 0 Å². The van der Waals surface area contributed by atoms with E-state index in [0.29, 0.717) is 17.2 Å². The summed E-state index contributed by atoms with van der Waals surface area (Å²) in [5.74, 6) is 0.478. The van der Waals surface area contributed by atoms with Gasteiger partial charge < -0.3 is 14.0 Å². The molecule has 0 spiro atoms. The number of benzene rings is 2. The first kappa shape index (κ1) is 19.2. The number of hydrogen-bond donors (Lipinski definition) is 0. The Labute approximate surface area is 173 Å². The van der Waals surface area contributed by atoms with E-state index >= 15 is 0 Å². The number of hydrogen-bond acceptors (Lipinski definition) is 7. The molecular formula is C19H17BrN5O4+. The third-order valence-electron chi connectivity index (χ3n) is 4.29. The maximum absolute atomic E-state index is 11.8. The van der Waals surface area contributed by atoms with Gasteiger partial charge in [0.1, 0.15) is 0 Å². The normalized spacial score (nSPS) is 11.1. The summed E-state index contributed by atoms with van der Waals surface area (Å²) in [5, 5.41) is 8.60. The van der Waals surface area contributed by atoms with E-state index in [-0.39, 0.29) is 19.2 Å². The highest BCUT2D eigenvalue weighted by Gasteiger charge is 2.23. The number of fused-ring (bicyclic) bond motifs is 1. The Morgan fingerprint density at radius 2 is 2.07 bits per heavy atom. The van der Waals surface area contributed by atoms with Crippen molar-refractivity contribution < 1.29 is 23.5 Å². The molecule has 0 aliphatic carbocycles. The molecule has 9 nitrogen and oxygen atoms in total. The summed E-state index contributed by atoms with van der Waals surface area (Å²) < 4.78 is 17.9. The number of ether oxygens (including phenoxy) is 2. The lowest BCUT2D eigenvalue weighted by Crippen LogP contribution is -2.47. The number of nitrogens with zero attached hydrogens (tertiary/aromatic N) is 5. The fraction of sp³-hybridized carbons (Fsp3) is 0.211. The molecule has 2 heterocycles. The lowest BCUT2D eigenvalue weighted by atomic mass is 10.2. The van der Waals surface area contributed by atoms with Gasteiger partial charge in [-0.15, -0.1) is 4.68 Å². The molecule has 0 aliphatic rings. The van der Waals surface area contributed by atoms with Crippen molar-refractivity contribution in [3.63, 3.8) is 0 Å². The Morgan fingerprint density at radius 1 is 1.24 bits per heavy atom. The Kier molecular flexibility index (Phi) is 5.36. The summed E-state index contributed by atoms with van der Waals surface area (Å²) in [4.78, 5) is 17.8. The van der Waals surface area contributed by atoms with Gasteiger partial charge in [-0.25, -0.2) is 4.79 Å². The lowest BCUT2D eigenvalue weighted by molar-refractivity contribution is -0.752. The molecule has 29 heavy (non-hydrogen) atoms. The minimum Gasteiger partial charge on any atom is -0.466 e. The Balaban J connectivity index is 1.73. The minimum atomic E-state index is -0.380. The van der Waals surface area contributed by atoms with E-state index < -0.39 is 0 Å². The van der Waals surface area contributed by atoms with Crippen molar-refractivity contribution in [2.75, 3.05) is 14.2 Å². The van der Waals surface area contributed by atoms with Crippen molar-refractivity contribution in [1.82, 2.24) is 20.0 Å². The van der Waals surface area contributed by atoms with Crippen LogP contribution in [0.5, 0.6) is 0 Å². The third kappa shape index (κ3) is 3.76. The fourth-order valence-electron chi connectivity index (χ4n) is 2.92. The Bertz CT molecular complexity index is 1190. The SMILES string of the molecule is COCn1nc2cc(-c3noc(-c4ccccc4Br)n3)ccc2[n+]1CC(=O)OC. The highest BCUT2D eigenvalue weighted by molar-refractivity contribution is 9.10. The van der Waals surface area contributed by atoms with E-state index in [9.17, 15) is 4.79 Å². The topological polar surface area (TPSA) is 96.1 Å². The van der Waals surface area contributed by atoms with Crippen LogP contribution in [0.25, 0.3) is 33.9 Å². The molecule has 0 N–H and O–H groups in total. The van der Waals surface area contributed by atoms with Crippen LogP contribution < -0.4 is 4.68 Å². The van der Waals surface area contributed by atoms with Gasteiger partial charge in [0.2, 0.25) is 23.4 Å². The first-order valence-electron chi connectivity index (χ1n) is 8.66. The van der Waals surface area contributed by atoms with E-state index in [0.717, 1.165) is 21.1 Å². The molecule has 4 aromatic rings. The highest BCUT2D eigenvalue weighted by atomic mass is 79.9. The van der Waals surface area contributed by atoms with Crippen LogP contribution in [-0.4, -0.2) is 40.2 Å². The number of carbonyl (C=O) groups is 1. The quantitative estimate of drug-likeness (QED) is 0.323. The van der Waals surface area contributed by atoms with Gasteiger partial charge in [0.05, 0.1) is 17.8 Å². The maximum Gasteiger partial charge on any atom is 0.350 e. The van der Waals surface area contributed by atoms with Gasteiger partial charge in [-0.2, -0.15) is 4.98 Å². The lowest BCUT2D eigenvalue weighted by Gasteiger charge is -2.01. The fourth-order valence-corrected chi connectivity index (χ4v) is 3.37. The molecule has 0 atom stereocenters. The zero-order valence-corrected chi connectivity index (χ0v) is 17.3. The first-order valence-corrected chi connectivity index (χ1v) is 9.45. The standard InChI is InChI=1S/C19H17BrN5O4/c1-27-11-25-22-15-9-12(7-8-16(15)24(25)10-17(26)28-2)18-21-19(29-23-18)13-5-3-4-6-14(13)20/h3-9H,10-11H2,1-2H3/q+1. The van der Waals surface area contributed by atoms with Crippen molar-refractivity contribution in [2.45, 2.75) is 13.3 Å². The Hall–Kier alpha value is -3.11. The minimum absolute atomic E-state index is 0.0180. The van der Waals surface area contributed by atoms with E-state index in [1.54, 1.807) is 16.6 Å². The van der Waals surface area contributed by atoms with Crippen molar-refractivity contribution in [3.05, 3.63) is 46.9 Å². The molecule has 0 radical (unpaired) electrons. The summed E-state index contributed by atoms with van der Waals surface area (Å²) in [5.41, 5.74) is 2.97. The Morgan fingerprint density at radius 3 is 2.83 bits per heavy atom. The van der Waals surface area contributed by atoms with Crippen LogP contribution in [0.15, 0.2) is 51.5 Å². The number of rotatable bonds is 6. The number of halogens is 1. The predicted molar refractivity (Wildman–Crippen MR) is 105 cm³/mol. The molecule has 0 fully saturated rings. The van der Waals surface area contributed by atoms with Crippen LogP contribution in [-0.2, 0) is 27.5 Å². The van der Waals surface area contributed by atoms with Gasteiger partial charge in [0.15, 0.2) is 6.73 Å². The van der Waals surface area contributed by atoms with Crippen molar-refractivity contribution in [2.24, 2.45) is 0 Å². The average molecular weight is 459 g/mol.